The zero-order chi connectivity index (χ0) is 53.2. The van der Waals surface area contributed by atoms with Crippen molar-refractivity contribution in [3.05, 3.63) is 229 Å². The van der Waals surface area contributed by atoms with E-state index in [-0.39, 0.29) is 6.17 Å². The van der Waals surface area contributed by atoms with Gasteiger partial charge in [-0.2, -0.15) is 0 Å². The van der Waals surface area contributed by atoms with E-state index >= 15 is 0 Å². The number of benzene rings is 6. The molecule has 74 heavy (non-hydrogen) atoms. The molecule has 10 rings (SSSR count). The minimum atomic E-state index is 0.262. The predicted molar refractivity (Wildman–Crippen MR) is 320 cm³/mol. The second-order valence-corrected chi connectivity index (χ2v) is 20.9. The lowest BCUT2D eigenvalue weighted by Crippen LogP contribution is -2.39. The average molecular weight is 989 g/mol. The second-order valence-electron chi connectivity index (χ2n) is 20.9. The maximum atomic E-state index is 2.44. The van der Waals surface area contributed by atoms with Crippen molar-refractivity contribution in [2.75, 3.05) is 36.4 Å². The van der Waals surface area contributed by atoms with Crippen molar-refractivity contribution < 1.29 is 0 Å². The fourth-order valence-corrected chi connectivity index (χ4v) is 10.3. The summed E-state index contributed by atoms with van der Waals surface area (Å²) in [5, 5.41) is 0. The molecule has 4 atom stereocenters. The third kappa shape index (κ3) is 12.2. The summed E-state index contributed by atoms with van der Waals surface area (Å²) in [5.74, 6) is 1.00. The molecule has 0 bridgehead atoms. The standard InChI is InChI=1S/C23H30N2.C17H18N2.C14H20N2.C12H16N2/c1-16(2)20-11-9-12-21(17(3)4)23(20)25-15-14-24(19(25)6)22-13-8-7-10-18(22)5;1-14-8-6-7-11-17(14)19-13-12-18(15(19)2)16-9-4-3-5-10-16;1-11(2)15-9-10-16(13(15)4)14-8-6-5-7-12(14)3;1-10-6-4-5-7-12(10)14-9-8-13(3)11(14)2/h7-17,19H,1-6H3;3-13,15H,1-2H3;5-11,13H,1-4H3;4-9,11H,1-3H3/t19-;15-;13-;11-/m0111/s1. The topological polar surface area (TPSA) is 25.9 Å². The van der Waals surface area contributed by atoms with Gasteiger partial charge in [-0.1, -0.05) is 137 Å². The van der Waals surface area contributed by atoms with Crippen LogP contribution in [0.25, 0.3) is 0 Å². The highest BCUT2D eigenvalue weighted by Gasteiger charge is 2.30. The van der Waals surface area contributed by atoms with Crippen molar-refractivity contribution in [2.45, 2.75) is 139 Å². The first-order valence-corrected chi connectivity index (χ1v) is 26.8. The first kappa shape index (κ1) is 54.5. The van der Waals surface area contributed by atoms with Gasteiger partial charge in [-0.25, -0.2) is 0 Å². The molecule has 0 aromatic heterocycles. The monoisotopic (exact) mass is 989 g/mol. The maximum absolute atomic E-state index is 2.44. The van der Waals surface area contributed by atoms with Crippen molar-refractivity contribution in [1.29, 1.82) is 0 Å². The summed E-state index contributed by atoms with van der Waals surface area (Å²) in [6, 6.07) is 51.9. The van der Waals surface area contributed by atoms with Gasteiger partial charge in [0.15, 0.2) is 0 Å². The number of aryl methyl sites for hydroxylation is 4. The number of anilines is 6. The molecule has 0 unspecified atom stereocenters. The van der Waals surface area contributed by atoms with Crippen LogP contribution in [0.3, 0.4) is 0 Å². The van der Waals surface area contributed by atoms with E-state index in [4.69, 9.17) is 0 Å². The Morgan fingerprint density at radius 3 is 1.04 bits per heavy atom. The molecule has 8 heteroatoms. The van der Waals surface area contributed by atoms with E-state index in [1.165, 1.54) is 67.5 Å². The Labute approximate surface area is 446 Å². The van der Waals surface area contributed by atoms with Gasteiger partial charge in [-0.15, -0.1) is 0 Å². The van der Waals surface area contributed by atoms with Gasteiger partial charge in [-0.05, 0) is 151 Å². The lowest BCUT2D eigenvalue weighted by Gasteiger charge is -2.34. The van der Waals surface area contributed by atoms with Crippen LogP contribution < -0.4 is 29.4 Å². The van der Waals surface area contributed by atoms with E-state index in [0.29, 0.717) is 36.4 Å². The Balaban J connectivity index is 0.000000148. The van der Waals surface area contributed by atoms with Crippen LogP contribution in [0.4, 0.5) is 34.1 Å². The van der Waals surface area contributed by atoms with Crippen molar-refractivity contribution in [1.82, 2.24) is 9.80 Å². The highest BCUT2D eigenvalue weighted by Crippen LogP contribution is 2.40. The van der Waals surface area contributed by atoms with Crippen molar-refractivity contribution in [3.63, 3.8) is 0 Å². The van der Waals surface area contributed by atoms with E-state index in [9.17, 15) is 0 Å². The van der Waals surface area contributed by atoms with Gasteiger partial charge in [0.1, 0.15) is 24.7 Å². The van der Waals surface area contributed by atoms with Crippen LogP contribution in [-0.2, 0) is 0 Å². The van der Waals surface area contributed by atoms with Crippen molar-refractivity contribution in [2.24, 2.45) is 0 Å². The van der Waals surface area contributed by atoms with Gasteiger partial charge >= 0.3 is 0 Å². The fourth-order valence-electron chi connectivity index (χ4n) is 10.3. The SMILES string of the molecule is Cc1ccccc1N1C=CN(C(C)C)[C@H]1C.Cc1ccccc1N1C=CN(C)[C@H]1C.Cc1ccccc1N1C=CN(c2c(C(C)C)cccc2C(C)C)[C@H]1C.Cc1ccccc1N1C=CN(c2ccccc2)[C@H]1C. The first-order valence-electron chi connectivity index (χ1n) is 26.8. The Kier molecular flexibility index (Phi) is 18.1. The molecule has 4 heterocycles. The minimum absolute atomic E-state index is 0.262. The summed E-state index contributed by atoms with van der Waals surface area (Å²) in [6.45, 7) is 31.2. The number of hydrogen-bond acceptors (Lipinski definition) is 8. The average Bonchev–Trinajstić information content (AvgIpc) is 4.17. The Morgan fingerprint density at radius 2 is 0.662 bits per heavy atom. The number of nitrogens with zero attached hydrogens (tertiary/aromatic N) is 8. The van der Waals surface area contributed by atoms with E-state index in [2.05, 4.69) is 332 Å². The summed E-state index contributed by atoms with van der Waals surface area (Å²) < 4.78 is 0. The van der Waals surface area contributed by atoms with Crippen LogP contribution in [0.2, 0.25) is 0 Å². The first-order chi connectivity index (χ1) is 35.5. The lowest BCUT2D eigenvalue weighted by atomic mass is 9.92. The number of para-hydroxylation sites is 6. The summed E-state index contributed by atoms with van der Waals surface area (Å²) in [5.41, 5.74) is 15.8. The van der Waals surface area contributed by atoms with Crippen LogP contribution >= 0.6 is 0 Å². The predicted octanol–water partition coefficient (Wildman–Crippen LogP) is 16.4. The van der Waals surface area contributed by atoms with Crippen LogP contribution in [0.1, 0.15) is 114 Å². The van der Waals surface area contributed by atoms with Crippen LogP contribution in [0, 0.1) is 27.7 Å². The highest BCUT2D eigenvalue weighted by atomic mass is 15.4. The van der Waals surface area contributed by atoms with Crippen LogP contribution in [-0.4, -0.2) is 47.6 Å². The molecule has 388 valence electrons. The third-order valence-electron chi connectivity index (χ3n) is 14.9. The molecule has 4 aliphatic rings. The molecule has 0 amide bonds. The molecule has 4 aliphatic heterocycles. The third-order valence-corrected chi connectivity index (χ3v) is 14.9. The van der Waals surface area contributed by atoms with Crippen LogP contribution in [0.15, 0.2) is 195 Å². The van der Waals surface area contributed by atoms with Crippen molar-refractivity contribution >= 4 is 34.1 Å². The van der Waals surface area contributed by atoms with Crippen LogP contribution in [0.5, 0.6) is 0 Å². The van der Waals surface area contributed by atoms with E-state index in [0.717, 1.165) is 0 Å². The lowest BCUT2D eigenvalue weighted by molar-refractivity contribution is 0.263. The van der Waals surface area contributed by atoms with Gasteiger partial charge in [0.05, 0.1) is 0 Å². The zero-order valence-corrected chi connectivity index (χ0v) is 47.1. The Morgan fingerprint density at radius 1 is 0.324 bits per heavy atom. The summed E-state index contributed by atoms with van der Waals surface area (Å²) in [7, 11) is 2.10. The Bertz CT molecular complexity index is 2850. The van der Waals surface area contributed by atoms with Gasteiger partial charge in [0.2, 0.25) is 0 Å². The highest BCUT2D eigenvalue weighted by molar-refractivity contribution is 5.70. The molecule has 0 N–H and O–H groups in total. The molecule has 0 saturated carbocycles. The molecular weight excluding hydrogens is 905 g/mol. The Hall–Kier alpha value is -7.32. The minimum Gasteiger partial charge on any atom is -0.359 e. The molecule has 0 fully saturated rings. The van der Waals surface area contributed by atoms with E-state index in [1.807, 2.05) is 6.07 Å². The molecule has 0 aliphatic carbocycles. The largest absolute Gasteiger partial charge is 0.359 e. The van der Waals surface area contributed by atoms with Gasteiger partial charge in [0, 0.05) is 96.8 Å². The summed E-state index contributed by atoms with van der Waals surface area (Å²) in [6.07, 6.45) is 18.7. The molecule has 6 aromatic carbocycles. The molecule has 8 nitrogen and oxygen atoms in total. The van der Waals surface area contributed by atoms with E-state index in [1.54, 1.807) is 0 Å². The van der Waals surface area contributed by atoms with Gasteiger partial charge in [-0.3, -0.25) is 0 Å². The van der Waals surface area contributed by atoms with Gasteiger partial charge in [0.25, 0.3) is 0 Å². The van der Waals surface area contributed by atoms with Crippen molar-refractivity contribution in [3.8, 4) is 0 Å². The summed E-state index contributed by atoms with van der Waals surface area (Å²) in [4.78, 5) is 18.6. The maximum Gasteiger partial charge on any atom is 0.107 e. The molecule has 0 saturated heterocycles. The second kappa shape index (κ2) is 24.6. The number of rotatable bonds is 9. The summed E-state index contributed by atoms with van der Waals surface area (Å²) >= 11 is 0. The zero-order valence-electron chi connectivity index (χ0n) is 47.1. The molecule has 6 aromatic rings. The fraction of sp³-hybridized carbons (Fsp3) is 0.333. The van der Waals surface area contributed by atoms with Gasteiger partial charge < -0.3 is 39.2 Å². The quantitative estimate of drug-likeness (QED) is 0.141. The molecule has 0 radical (unpaired) electrons. The molecular formula is C66H84N8. The van der Waals surface area contributed by atoms with E-state index < -0.39 is 0 Å². The molecule has 0 spiro atoms. The number of hydrogen-bond donors (Lipinski definition) is 0. The smallest absolute Gasteiger partial charge is 0.107 e. The normalized spacial score (nSPS) is 18.7.